The smallest absolute Gasteiger partial charge is 0.249 e. The Labute approximate surface area is 326 Å². The molecule has 7 aromatic rings. The van der Waals surface area contributed by atoms with E-state index in [1.165, 1.54) is 43.8 Å². The topological polar surface area (TPSA) is 34.2 Å². The first-order valence-electron chi connectivity index (χ1n) is 19.4. The second kappa shape index (κ2) is 15.7. The Morgan fingerprint density at radius 1 is 0.473 bits per heavy atom. The predicted molar refractivity (Wildman–Crippen MR) is 225 cm³/mol. The zero-order chi connectivity index (χ0) is 37.2. The van der Waals surface area contributed by atoms with E-state index in [4.69, 9.17) is 14.0 Å². The van der Waals surface area contributed by atoms with Crippen LogP contribution >= 0.6 is 8.45 Å². The van der Waals surface area contributed by atoms with E-state index in [0.29, 0.717) is 13.1 Å². The van der Waals surface area contributed by atoms with Gasteiger partial charge in [-0.3, -0.25) is 0 Å². The number of nitrogens with zero attached hydrogens (tertiary/aromatic N) is 2. The molecule has 0 radical (unpaired) electrons. The summed E-state index contributed by atoms with van der Waals surface area (Å²) >= 11 is 0. The minimum Gasteiger partial charge on any atom is -0.444 e. The summed E-state index contributed by atoms with van der Waals surface area (Å²) in [7, 11) is -1.46. The Kier molecular flexibility index (Phi) is 10.2. The molecule has 0 aromatic heterocycles. The molecule has 7 aromatic carbocycles. The lowest BCUT2D eigenvalue weighted by atomic mass is 9.90. The molecule has 5 nitrogen and oxygen atoms in total. The minimum absolute atomic E-state index is 0.0599. The Morgan fingerprint density at radius 3 is 1.33 bits per heavy atom. The summed E-state index contributed by atoms with van der Waals surface area (Å²) in [5, 5.41) is 4.94. The highest BCUT2D eigenvalue weighted by molar-refractivity contribution is 7.47. The van der Waals surface area contributed by atoms with Gasteiger partial charge >= 0.3 is 0 Å². The fraction of sp³-hybridized carbons (Fsp3) is 0.224. The third-order valence-electron chi connectivity index (χ3n) is 10.9. The molecule has 0 unspecified atom stereocenters. The van der Waals surface area contributed by atoms with Crippen molar-refractivity contribution in [1.82, 2.24) is 9.34 Å². The van der Waals surface area contributed by atoms with Gasteiger partial charge in [0.15, 0.2) is 5.79 Å². The molecule has 0 spiro atoms. The molecule has 6 heteroatoms. The Morgan fingerprint density at radius 2 is 0.873 bits per heavy atom. The molecular formula is C49H47N2O3P. The zero-order valence-electron chi connectivity index (χ0n) is 31.4. The third kappa shape index (κ3) is 7.95. The molecule has 0 bridgehead atoms. The average molecular weight is 743 g/mol. The minimum atomic E-state index is -1.46. The molecule has 2 heterocycles. The predicted octanol–water partition coefficient (Wildman–Crippen LogP) is 11.4. The van der Waals surface area contributed by atoms with E-state index in [9.17, 15) is 0 Å². The summed E-state index contributed by atoms with van der Waals surface area (Å²) in [6.07, 6.45) is 1.12. The highest BCUT2D eigenvalue weighted by atomic mass is 31.2. The maximum atomic E-state index is 7.44. The third-order valence-corrected chi connectivity index (χ3v) is 13.1. The molecule has 0 amide bonds. The van der Waals surface area contributed by atoms with Crippen molar-refractivity contribution in [3.05, 3.63) is 198 Å². The van der Waals surface area contributed by atoms with E-state index in [0.717, 1.165) is 18.6 Å². The molecule has 2 aliphatic heterocycles. The Bertz CT molecular complexity index is 2210. The van der Waals surface area contributed by atoms with Crippen LogP contribution in [0.2, 0.25) is 0 Å². The molecule has 9 rings (SSSR count). The van der Waals surface area contributed by atoms with Gasteiger partial charge in [-0.1, -0.05) is 152 Å². The van der Waals surface area contributed by atoms with Crippen molar-refractivity contribution in [1.29, 1.82) is 0 Å². The number of ether oxygens (including phenoxy) is 2. The number of hydrogen-bond acceptors (Lipinski definition) is 5. The average Bonchev–Trinajstić information content (AvgIpc) is 3.52. The molecule has 2 fully saturated rings. The maximum absolute atomic E-state index is 7.44. The fourth-order valence-corrected chi connectivity index (χ4v) is 10.7. The fourth-order valence-electron chi connectivity index (χ4n) is 8.39. The standard InChI is InChI=1S/C49H47N2O3P/c1-49(2)52-47-45(32-36-16-6-3-7-17-36)50(34-38-26-28-40-20-12-14-22-42(40)30-38)55(54-44-24-10-5-11-25-44)51(35-39-27-29-41-21-13-15-23-43(41)31-39)46(48(47)53-49)33-37-18-8-4-9-19-37/h3-31,45-48H,32-35H2,1-2H3/t45-,46-,47-,48-/m1/s1. The quantitative estimate of drug-likeness (QED) is 0.130. The summed E-state index contributed by atoms with van der Waals surface area (Å²) in [4.78, 5) is 0. The van der Waals surface area contributed by atoms with E-state index in [2.05, 4.69) is 199 Å². The highest BCUT2D eigenvalue weighted by Crippen LogP contribution is 2.56. The van der Waals surface area contributed by atoms with Gasteiger partial charge in [0.25, 0.3) is 0 Å². The Hall–Kier alpha value is -4.87. The number of para-hydroxylation sites is 1. The molecule has 2 aliphatic rings. The van der Waals surface area contributed by atoms with Gasteiger partial charge in [0.05, 0.1) is 12.1 Å². The van der Waals surface area contributed by atoms with Crippen molar-refractivity contribution >= 4 is 30.0 Å². The number of fused-ring (bicyclic) bond motifs is 3. The van der Waals surface area contributed by atoms with Gasteiger partial charge in [-0.25, -0.2) is 9.34 Å². The van der Waals surface area contributed by atoms with Crippen LogP contribution in [0.15, 0.2) is 176 Å². The lowest BCUT2D eigenvalue weighted by Crippen LogP contribution is -2.48. The number of hydrogen-bond donors (Lipinski definition) is 0. The van der Waals surface area contributed by atoms with E-state index in [-0.39, 0.29) is 24.3 Å². The summed E-state index contributed by atoms with van der Waals surface area (Å²) < 4.78 is 27.0. The lowest BCUT2D eigenvalue weighted by molar-refractivity contribution is -0.155. The second-order valence-corrected chi connectivity index (χ2v) is 17.0. The molecular weight excluding hydrogens is 696 g/mol. The summed E-state index contributed by atoms with van der Waals surface area (Å²) in [6.45, 7) is 5.51. The molecule has 4 atom stereocenters. The van der Waals surface area contributed by atoms with Crippen molar-refractivity contribution in [2.75, 3.05) is 0 Å². The molecule has 0 N–H and O–H groups in total. The van der Waals surface area contributed by atoms with E-state index >= 15 is 0 Å². The van der Waals surface area contributed by atoms with Gasteiger partial charge in [0.2, 0.25) is 8.45 Å². The van der Waals surface area contributed by atoms with Gasteiger partial charge < -0.3 is 14.0 Å². The summed E-state index contributed by atoms with van der Waals surface area (Å²) in [5.74, 6) is 0.0924. The first-order chi connectivity index (χ1) is 27.0. The molecule has 0 aliphatic carbocycles. The van der Waals surface area contributed by atoms with Crippen LogP contribution in [0.5, 0.6) is 5.75 Å². The van der Waals surface area contributed by atoms with Gasteiger partial charge in [-0.05, 0) is 94.8 Å². The molecule has 0 saturated carbocycles. The van der Waals surface area contributed by atoms with Crippen LogP contribution in [0.25, 0.3) is 21.5 Å². The summed E-state index contributed by atoms with van der Waals surface area (Å²) in [5.41, 5.74) is 5.01. The number of rotatable bonds is 10. The highest BCUT2D eigenvalue weighted by Gasteiger charge is 2.57. The maximum Gasteiger partial charge on any atom is 0.249 e. The van der Waals surface area contributed by atoms with Crippen molar-refractivity contribution in [2.24, 2.45) is 0 Å². The monoisotopic (exact) mass is 742 g/mol. The normalized spacial score (nSPS) is 21.7. The van der Waals surface area contributed by atoms with Gasteiger partial charge in [0.1, 0.15) is 18.0 Å². The molecule has 55 heavy (non-hydrogen) atoms. The molecule has 2 saturated heterocycles. The van der Waals surface area contributed by atoms with E-state index in [1.54, 1.807) is 0 Å². The number of benzene rings is 7. The van der Waals surface area contributed by atoms with Crippen LogP contribution in [0.4, 0.5) is 0 Å². The van der Waals surface area contributed by atoms with Gasteiger partial charge in [0, 0.05) is 13.1 Å². The van der Waals surface area contributed by atoms with Crippen LogP contribution in [-0.4, -0.2) is 39.4 Å². The van der Waals surface area contributed by atoms with Crippen molar-refractivity contribution in [3.8, 4) is 5.75 Å². The SMILES string of the molecule is CC1(C)O[C@H]2[C@H](O1)[C@@H](Cc1ccccc1)N(Cc1ccc3ccccc3c1)P(Oc1ccccc1)N(Cc1ccc3ccccc3c1)[C@@H]2Cc1ccccc1. The molecule has 276 valence electrons. The van der Waals surface area contributed by atoms with Crippen LogP contribution in [-0.2, 0) is 35.4 Å². The van der Waals surface area contributed by atoms with Crippen LogP contribution in [0, 0.1) is 0 Å². The van der Waals surface area contributed by atoms with Gasteiger partial charge in [-0.2, -0.15) is 0 Å². The lowest BCUT2D eigenvalue weighted by Gasteiger charge is -2.42. The van der Waals surface area contributed by atoms with Crippen molar-refractivity contribution in [3.63, 3.8) is 0 Å². The van der Waals surface area contributed by atoms with Crippen LogP contribution in [0.1, 0.15) is 36.1 Å². The zero-order valence-corrected chi connectivity index (χ0v) is 32.3. The van der Waals surface area contributed by atoms with Crippen LogP contribution in [0.3, 0.4) is 0 Å². The largest absolute Gasteiger partial charge is 0.444 e. The first kappa shape index (κ1) is 35.8. The second-order valence-electron chi connectivity index (χ2n) is 15.3. The first-order valence-corrected chi connectivity index (χ1v) is 20.6. The van der Waals surface area contributed by atoms with Crippen LogP contribution < -0.4 is 4.52 Å². The van der Waals surface area contributed by atoms with Crippen molar-refractivity contribution in [2.45, 2.75) is 69.9 Å². The van der Waals surface area contributed by atoms with E-state index in [1.807, 2.05) is 0 Å². The van der Waals surface area contributed by atoms with Crippen molar-refractivity contribution < 1.29 is 14.0 Å². The van der Waals surface area contributed by atoms with E-state index < -0.39 is 14.2 Å². The summed E-state index contributed by atoms with van der Waals surface area (Å²) in [6, 6.07) is 63.0. The van der Waals surface area contributed by atoms with Gasteiger partial charge in [-0.15, -0.1) is 0 Å². The Balaban J connectivity index is 1.25.